The summed E-state index contributed by atoms with van der Waals surface area (Å²) < 4.78 is 18.5. The van der Waals surface area contributed by atoms with Crippen LogP contribution in [0.3, 0.4) is 0 Å². The van der Waals surface area contributed by atoms with Gasteiger partial charge in [-0.05, 0) is 53.1 Å². The fraction of sp³-hybridized carbons (Fsp3) is 0.667. The average molecular weight is 302 g/mol. The maximum atomic E-state index is 6.17. The van der Waals surface area contributed by atoms with Crippen molar-refractivity contribution < 1.29 is 14.0 Å². The quantitative estimate of drug-likeness (QED) is 0.744. The smallest absolute Gasteiger partial charge is 0.487 e. The molecule has 0 radical (unpaired) electrons. The number of ether oxygens (including phenoxy) is 1. The Hall–Kier alpha value is -0.995. The van der Waals surface area contributed by atoms with E-state index in [0.29, 0.717) is 0 Å². The molecule has 1 aromatic carbocycles. The molecule has 120 valence electrons. The topological polar surface area (TPSA) is 27.7 Å². The van der Waals surface area contributed by atoms with E-state index >= 15 is 0 Å². The van der Waals surface area contributed by atoms with Gasteiger partial charge in [0.15, 0.2) is 0 Å². The van der Waals surface area contributed by atoms with Crippen LogP contribution in [-0.4, -0.2) is 23.9 Å². The van der Waals surface area contributed by atoms with E-state index in [9.17, 15) is 0 Å². The molecule has 0 atom stereocenters. The largest absolute Gasteiger partial charge is 0.494 e. The molecule has 0 bridgehead atoms. The minimum Gasteiger partial charge on any atom is -0.487 e. The second-order valence-corrected chi connectivity index (χ2v) is 8.58. The summed E-state index contributed by atoms with van der Waals surface area (Å²) in [6, 6.07) is 6.29. The Kier molecular flexibility index (Phi) is 3.10. The van der Waals surface area contributed by atoms with Crippen LogP contribution in [0.4, 0.5) is 0 Å². The van der Waals surface area contributed by atoms with E-state index in [1.54, 1.807) is 0 Å². The summed E-state index contributed by atoms with van der Waals surface area (Å²) in [5.41, 5.74) is 1.38. The predicted molar refractivity (Wildman–Crippen MR) is 89.9 cm³/mol. The standard InChI is InChI=1S/C18H27BO3/c1-15(2)13-11-12(9-10-14(13)20-16(15,3)4)19-21-17(5,6)18(7,8)22-19/h9-11H,1-8H3. The molecule has 0 aromatic heterocycles. The van der Waals surface area contributed by atoms with Crippen LogP contribution in [-0.2, 0) is 14.7 Å². The normalized spacial score (nSPS) is 26.6. The van der Waals surface area contributed by atoms with Crippen molar-refractivity contribution in [3.63, 3.8) is 0 Å². The van der Waals surface area contributed by atoms with Crippen LogP contribution in [0.5, 0.6) is 5.75 Å². The lowest BCUT2D eigenvalue weighted by Gasteiger charge is -2.33. The highest BCUT2D eigenvalue weighted by Crippen LogP contribution is 2.48. The van der Waals surface area contributed by atoms with Crippen molar-refractivity contribution in [3.05, 3.63) is 23.8 Å². The lowest BCUT2D eigenvalue weighted by Crippen LogP contribution is -2.42. The van der Waals surface area contributed by atoms with E-state index in [0.717, 1.165) is 11.2 Å². The fourth-order valence-corrected chi connectivity index (χ4v) is 2.98. The molecule has 0 aliphatic carbocycles. The lowest BCUT2D eigenvalue weighted by atomic mass is 9.70. The van der Waals surface area contributed by atoms with Crippen molar-refractivity contribution in [1.29, 1.82) is 0 Å². The second kappa shape index (κ2) is 4.30. The predicted octanol–water partition coefficient (Wildman–Crippen LogP) is 3.43. The fourth-order valence-electron chi connectivity index (χ4n) is 2.98. The van der Waals surface area contributed by atoms with Crippen LogP contribution >= 0.6 is 0 Å². The maximum Gasteiger partial charge on any atom is 0.494 e. The third kappa shape index (κ3) is 2.04. The van der Waals surface area contributed by atoms with Gasteiger partial charge in [-0.2, -0.15) is 0 Å². The molecule has 3 rings (SSSR count). The van der Waals surface area contributed by atoms with E-state index in [1.807, 2.05) is 6.07 Å². The van der Waals surface area contributed by atoms with Gasteiger partial charge in [-0.3, -0.25) is 0 Å². The van der Waals surface area contributed by atoms with Gasteiger partial charge in [0.1, 0.15) is 11.4 Å². The van der Waals surface area contributed by atoms with Crippen LogP contribution in [0, 0.1) is 0 Å². The summed E-state index contributed by atoms with van der Waals surface area (Å²) in [5, 5.41) is 0. The van der Waals surface area contributed by atoms with Gasteiger partial charge in [-0.15, -0.1) is 0 Å². The van der Waals surface area contributed by atoms with Crippen LogP contribution < -0.4 is 10.2 Å². The molecule has 2 aliphatic heterocycles. The summed E-state index contributed by atoms with van der Waals surface area (Å²) in [6.45, 7) is 17.1. The highest BCUT2D eigenvalue weighted by atomic mass is 16.7. The van der Waals surface area contributed by atoms with Crippen LogP contribution in [0.2, 0.25) is 0 Å². The van der Waals surface area contributed by atoms with Gasteiger partial charge >= 0.3 is 7.12 Å². The highest BCUT2D eigenvalue weighted by molar-refractivity contribution is 6.62. The molecular formula is C18H27BO3. The molecule has 0 spiro atoms. The molecule has 2 aliphatic rings. The zero-order valence-electron chi connectivity index (χ0n) is 15.0. The molecule has 1 saturated heterocycles. The van der Waals surface area contributed by atoms with Crippen molar-refractivity contribution >= 4 is 12.6 Å². The van der Waals surface area contributed by atoms with E-state index in [-0.39, 0.29) is 29.3 Å². The summed E-state index contributed by atoms with van der Waals surface area (Å²) in [5.74, 6) is 0.968. The number of rotatable bonds is 1. The monoisotopic (exact) mass is 302 g/mol. The molecule has 1 fully saturated rings. The first-order valence-electron chi connectivity index (χ1n) is 8.06. The van der Waals surface area contributed by atoms with Crippen LogP contribution in [0.25, 0.3) is 0 Å². The van der Waals surface area contributed by atoms with Gasteiger partial charge in [0.2, 0.25) is 0 Å². The van der Waals surface area contributed by atoms with Gasteiger partial charge in [0, 0.05) is 11.0 Å². The van der Waals surface area contributed by atoms with E-state index < -0.39 is 0 Å². The summed E-state index contributed by atoms with van der Waals surface area (Å²) in [7, 11) is -0.324. The minimum absolute atomic E-state index is 0.0536. The van der Waals surface area contributed by atoms with Crippen molar-refractivity contribution in [2.75, 3.05) is 0 Å². The van der Waals surface area contributed by atoms with Crippen molar-refractivity contribution in [2.24, 2.45) is 0 Å². The van der Waals surface area contributed by atoms with Gasteiger partial charge in [-0.1, -0.05) is 26.0 Å². The molecule has 3 nitrogen and oxygen atoms in total. The molecule has 0 saturated carbocycles. The van der Waals surface area contributed by atoms with E-state index in [1.165, 1.54) is 5.56 Å². The number of benzene rings is 1. The molecule has 2 heterocycles. The van der Waals surface area contributed by atoms with Crippen molar-refractivity contribution in [2.45, 2.75) is 77.6 Å². The van der Waals surface area contributed by atoms with Crippen molar-refractivity contribution in [1.82, 2.24) is 0 Å². The Morgan fingerprint density at radius 2 is 1.32 bits per heavy atom. The highest BCUT2D eigenvalue weighted by Gasteiger charge is 2.53. The Balaban J connectivity index is 1.98. The van der Waals surface area contributed by atoms with E-state index in [2.05, 4.69) is 67.5 Å². The number of fused-ring (bicyclic) bond motifs is 1. The van der Waals surface area contributed by atoms with Crippen molar-refractivity contribution in [3.8, 4) is 5.75 Å². The number of hydrogen-bond donors (Lipinski definition) is 0. The minimum atomic E-state index is -0.324. The Morgan fingerprint density at radius 3 is 1.86 bits per heavy atom. The molecule has 0 N–H and O–H groups in total. The molecular weight excluding hydrogens is 275 g/mol. The second-order valence-electron chi connectivity index (χ2n) is 8.58. The Labute approximate surface area is 134 Å². The summed E-state index contributed by atoms with van der Waals surface area (Å²) in [6.07, 6.45) is 0. The van der Waals surface area contributed by atoms with E-state index in [4.69, 9.17) is 14.0 Å². The third-order valence-electron chi connectivity index (χ3n) is 6.07. The Bertz CT molecular complexity index is 601. The molecule has 0 unspecified atom stereocenters. The molecule has 1 aromatic rings. The summed E-state index contributed by atoms with van der Waals surface area (Å²) in [4.78, 5) is 0. The first kappa shape index (κ1) is 15.9. The number of hydrogen-bond acceptors (Lipinski definition) is 3. The van der Waals surface area contributed by atoms with Gasteiger partial charge < -0.3 is 14.0 Å². The van der Waals surface area contributed by atoms with Crippen LogP contribution in [0.15, 0.2) is 18.2 Å². The molecule has 4 heteroatoms. The SMILES string of the molecule is CC1(C)OB(c2ccc3c(c2)C(C)(C)C(C)(C)O3)OC1(C)C. The maximum absolute atomic E-state index is 6.17. The Morgan fingerprint density at radius 1 is 0.773 bits per heavy atom. The summed E-state index contributed by atoms with van der Waals surface area (Å²) >= 11 is 0. The van der Waals surface area contributed by atoms with Crippen LogP contribution in [0.1, 0.15) is 61.0 Å². The first-order valence-corrected chi connectivity index (χ1v) is 8.06. The third-order valence-corrected chi connectivity index (χ3v) is 6.07. The first-order chi connectivity index (χ1) is 9.87. The zero-order chi connectivity index (χ0) is 16.6. The average Bonchev–Trinajstić information content (AvgIpc) is 2.67. The molecule has 22 heavy (non-hydrogen) atoms. The molecule has 0 amide bonds. The van der Waals surface area contributed by atoms with Gasteiger partial charge in [-0.25, -0.2) is 0 Å². The van der Waals surface area contributed by atoms with Gasteiger partial charge in [0.25, 0.3) is 0 Å². The van der Waals surface area contributed by atoms with Gasteiger partial charge in [0.05, 0.1) is 11.2 Å². The zero-order valence-corrected chi connectivity index (χ0v) is 15.0. The lowest BCUT2D eigenvalue weighted by molar-refractivity contribution is 0.00578.